The molecular weight excluding hydrogens is 206 g/mol. The first-order chi connectivity index (χ1) is 7.86. The summed E-state index contributed by atoms with van der Waals surface area (Å²) in [6, 6.07) is 1.25. The quantitative estimate of drug-likeness (QED) is 0.631. The van der Waals surface area contributed by atoms with Gasteiger partial charge in [-0.1, -0.05) is 39.8 Å². The van der Waals surface area contributed by atoms with Crippen LogP contribution >= 0.6 is 0 Å². The Balaban J connectivity index is 2.35. The van der Waals surface area contributed by atoms with E-state index in [1.807, 2.05) is 0 Å². The van der Waals surface area contributed by atoms with Gasteiger partial charge in [-0.3, -0.25) is 0 Å². The topological polar surface area (TPSA) is 12.0 Å². The van der Waals surface area contributed by atoms with Crippen molar-refractivity contribution in [1.29, 1.82) is 0 Å². The second-order valence-corrected chi connectivity index (χ2v) is 6.79. The van der Waals surface area contributed by atoms with E-state index in [1.54, 1.807) is 0 Å². The largest absolute Gasteiger partial charge is 0.311 e. The highest BCUT2D eigenvalue weighted by Crippen LogP contribution is 2.51. The van der Waals surface area contributed by atoms with Crippen LogP contribution in [0, 0.1) is 35.5 Å². The van der Waals surface area contributed by atoms with Crippen LogP contribution in [0.15, 0.2) is 12.2 Å². The normalized spacial score (nSPS) is 55.5. The zero-order valence-corrected chi connectivity index (χ0v) is 12.3. The third-order valence-electron chi connectivity index (χ3n) is 6.11. The fraction of sp³-hybridized carbons (Fsp3) is 0.875. The van der Waals surface area contributed by atoms with Crippen molar-refractivity contribution in [1.82, 2.24) is 5.32 Å². The molecule has 0 aromatic rings. The highest BCUT2D eigenvalue weighted by Gasteiger charge is 2.48. The molecule has 1 nitrogen and oxygen atoms in total. The Labute approximate surface area is 107 Å². The second kappa shape index (κ2) is 4.42. The lowest BCUT2D eigenvalue weighted by Gasteiger charge is -2.55. The van der Waals surface area contributed by atoms with Crippen LogP contribution in [0.4, 0.5) is 0 Å². The van der Waals surface area contributed by atoms with E-state index in [1.165, 1.54) is 5.57 Å². The minimum absolute atomic E-state index is 0.621. The van der Waals surface area contributed by atoms with E-state index in [9.17, 15) is 0 Å². The van der Waals surface area contributed by atoms with Gasteiger partial charge in [0.2, 0.25) is 0 Å². The molecule has 2 aliphatic rings. The molecule has 8 unspecified atom stereocenters. The maximum atomic E-state index is 4.46. The first kappa shape index (κ1) is 13.1. The predicted octanol–water partition coefficient (Wildman–Crippen LogP) is 3.71. The molecule has 0 aromatic heterocycles. The van der Waals surface area contributed by atoms with Crippen LogP contribution < -0.4 is 5.32 Å². The second-order valence-electron chi connectivity index (χ2n) is 6.79. The van der Waals surface area contributed by atoms with Gasteiger partial charge >= 0.3 is 0 Å². The Morgan fingerprint density at radius 1 is 0.824 bits per heavy atom. The highest BCUT2D eigenvalue weighted by atomic mass is 15.0. The molecule has 8 atom stereocenters. The molecule has 1 aliphatic heterocycles. The summed E-state index contributed by atoms with van der Waals surface area (Å²) < 4.78 is 0. The predicted molar refractivity (Wildman–Crippen MR) is 74.8 cm³/mol. The lowest BCUT2D eigenvalue weighted by Crippen LogP contribution is -2.59. The molecule has 0 radical (unpaired) electrons. The van der Waals surface area contributed by atoms with Gasteiger partial charge in [0.15, 0.2) is 0 Å². The summed E-state index contributed by atoms with van der Waals surface area (Å²) in [5.41, 5.74) is 1.52. The minimum Gasteiger partial charge on any atom is -0.311 e. The van der Waals surface area contributed by atoms with Crippen molar-refractivity contribution in [3.8, 4) is 0 Å². The van der Waals surface area contributed by atoms with E-state index in [2.05, 4.69) is 53.4 Å². The fourth-order valence-electron chi connectivity index (χ4n) is 4.46. The molecular formula is C16H29N. The van der Waals surface area contributed by atoms with Crippen molar-refractivity contribution in [2.75, 3.05) is 0 Å². The van der Waals surface area contributed by atoms with Gasteiger partial charge in [-0.15, -0.1) is 0 Å². The van der Waals surface area contributed by atoms with Crippen LogP contribution in [0.1, 0.15) is 41.5 Å². The van der Waals surface area contributed by atoms with E-state index in [4.69, 9.17) is 0 Å². The summed E-state index contributed by atoms with van der Waals surface area (Å²) in [6.07, 6.45) is 0. The molecule has 0 amide bonds. The average molecular weight is 235 g/mol. The van der Waals surface area contributed by atoms with Gasteiger partial charge in [0.25, 0.3) is 0 Å². The van der Waals surface area contributed by atoms with Crippen molar-refractivity contribution in [2.45, 2.75) is 53.6 Å². The molecule has 2 fully saturated rings. The summed E-state index contributed by atoms with van der Waals surface area (Å²) >= 11 is 0. The first-order valence-electron chi connectivity index (χ1n) is 7.31. The maximum Gasteiger partial charge on any atom is 0.00780 e. The van der Waals surface area contributed by atoms with Gasteiger partial charge in [0.05, 0.1) is 0 Å². The number of hydrogen-bond donors (Lipinski definition) is 1. The molecule has 17 heavy (non-hydrogen) atoms. The summed E-state index contributed by atoms with van der Waals surface area (Å²) in [5, 5.41) is 3.77. The van der Waals surface area contributed by atoms with Gasteiger partial charge in [-0.05, 0) is 49.4 Å². The van der Waals surface area contributed by atoms with Crippen LogP contribution in [0.3, 0.4) is 0 Å². The van der Waals surface area contributed by atoms with Crippen LogP contribution in [-0.2, 0) is 0 Å². The van der Waals surface area contributed by atoms with E-state index in [-0.39, 0.29) is 0 Å². The van der Waals surface area contributed by atoms with E-state index in [0.717, 1.165) is 29.6 Å². The first-order valence-corrected chi connectivity index (χ1v) is 7.31. The molecule has 1 N–H and O–H groups in total. The fourth-order valence-corrected chi connectivity index (χ4v) is 4.46. The van der Waals surface area contributed by atoms with Crippen molar-refractivity contribution < 1.29 is 0 Å². The molecule has 1 heteroatoms. The monoisotopic (exact) mass is 235 g/mol. The zero-order valence-electron chi connectivity index (χ0n) is 12.3. The summed E-state index contributed by atoms with van der Waals surface area (Å²) in [5.74, 6) is 4.49. The van der Waals surface area contributed by atoms with Gasteiger partial charge in [-0.2, -0.15) is 0 Å². The van der Waals surface area contributed by atoms with E-state index in [0.29, 0.717) is 18.0 Å². The zero-order chi connectivity index (χ0) is 12.9. The Bertz CT molecular complexity index is 309. The van der Waals surface area contributed by atoms with Crippen LogP contribution in [0.25, 0.3) is 0 Å². The molecule has 0 bridgehead atoms. The minimum atomic E-state index is 0.621. The summed E-state index contributed by atoms with van der Waals surface area (Å²) in [7, 11) is 0. The van der Waals surface area contributed by atoms with Crippen molar-refractivity contribution in [3.05, 3.63) is 12.2 Å². The Morgan fingerprint density at radius 2 is 1.41 bits per heavy atom. The lowest BCUT2D eigenvalue weighted by molar-refractivity contribution is 0.0182. The molecule has 98 valence electrons. The van der Waals surface area contributed by atoms with Gasteiger partial charge < -0.3 is 5.32 Å². The molecule has 0 aromatic carbocycles. The number of allylic oxidation sites excluding steroid dienone is 1. The SMILES string of the molecule is C=C1C(C)C(C)C(C)C2C(C)NC(C)C(C)C12. The van der Waals surface area contributed by atoms with E-state index < -0.39 is 0 Å². The number of nitrogens with one attached hydrogen (secondary N) is 1. The molecule has 1 heterocycles. The molecule has 1 aliphatic carbocycles. The Hall–Kier alpha value is -0.300. The smallest absolute Gasteiger partial charge is 0.00780 e. The Kier molecular flexibility index (Phi) is 3.42. The number of rotatable bonds is 0. The van der Waals surface area contributed by atoms with Crippen LogP contribution in [0.5, 0.6) is 0 Å². The summed E-state index contributed by atoms with van der Waals surface area (Å²) in [4.78, 5) is 0. The number of piperidine rings is 1. The van der Waals surface area contributed by atoms with Crippen molar-refractivity contribution in [3.63, 3.8) is 0 Å². The standard InChI is InChI=1S/C16H29N/c1-8-9(2)11(4)16-14(7)17-13(6)12(5)15(16)10(8)3/h8-9,11-17H,3H2,1-2,4-7H3. The number of hydrogen-bond acceptors (Lipinski definition) is 1. The van der Waals surface area contributed by atoms with Crippen molar-refractivity contribution in [2.24, 2.45) is 35.5 Å². The average Bonchev–Trinajstić information content (AvgIpc) is 2.28. The van der Waals surface area contributed by atoms with Crippen molar-refractivity contribution >= 4 is 0 Å². The van der Waals surface area contributed by atoms with Gasteiger partial charge in [0.1, 0.15) is 0 Å². The van der Waals surface area contributed by atoms with Gasteiger partial charge in [-0.25, -0.2) is 0 Å². The molecule has 1 saturated heterocycles. The highest BCUT2D eigenvalue weighted by molar-refractivity contribution is 5.18. The molecule has 0 spiro atoms. The van der Waals surface area contributed by atoms with E-state index >= 15 is 0 Å². The molecule has 2 rings (SSSR count). The third kappa shape index (κ3) is 1.87. The van der Waals surface area contributed by atoms with Crippen LogP contribution in [-0.4, -0.2) is 12.1 Å². The maximum absolute atomic E-state index is 4.46. The third-order valence-corrected chi connectivity index (χ3v) is 6.11. The van der Waals surface area contributed by atoms with Crippen LogP contribution in [0.2, 0.25) is 0 Å². The lowest BCUT2D eigenvalue weighted by atomic mass is 9.54. The summed E-state index contributed by atoms with van der Waals surface area (Å²) in [6.45, 7) is 18.8. The molecule has 1 saturated carbocycles. The Morgan fingerprint density at radius 3 is 2.00 bits per heavy atom. The number of fused-ring (bicyclic) bond motifs is 1. The van der Waals surface area contributed by atoms with Gasteiger partial charge in [0, 0.05) is 12.1 Å².